The molecule has 0 atom stereocenters. The molecule has 1 fully saturated rings. The number of amides is 2. The van der Waals surface area contributed by atoms with E-state index < -0.39 is 0 Å². The lowest BCUT2D eigenvalue weighted by molar-refractivity contribution is -0.134. The van der Waals surface area contributed by atoms with E-state index in [1.807, 2.05) is 11.8 Å². The molecule has 18 heavy (non-hydrogen) atoms. The van der Waals surface area contributed by atoms with Gasteiger partial charge in [-0.1, -0.05) is 6.92 Å². The van der Waals surface area contributed by atoms with E-state index in [2.05, 4.69) is 11.9 Å². The summed E-state index contributed by atoms with van der Waals surface area (Å²) < 4.78 is 0. The van der Waals surface area contributed by atoms with Gasteiger partial charge in [0.2, 0.25) is 11.8 Å². The highest BCUT2D eigenvalue weighted by molar-refractivity contribution is 5.78. The Morgan fingerprint density at radius 3 is 2.22 bits per heavy atom. The van der Waals surface area contributed by atoms with Crippen LogP contribution in [-0.2, 0) is 9.59 Å². The Morgan fingerprint density at radius 2 is 1.72 bits per heavy atom. The van der Waals surface area contributed by atoms with Gasteiger partial charge >= 0.3 is 0 Å². The van der Waals surface area contributed by atoms with Crippen LogP contribution in [0.5, 0.6) is 0 Å². The lowest BCUT2D eigenvalue weighted by atomic mass is 10.2. The SMILES string of the molecule is CCCN(CCC(=O)N1CCN(C)CC1)C(C)=O. The van der Waals surface area contributed by atoms with Crippen LogP contribution in [0.25, 0.3) is 0 Å². The Kier molecular flexibility index (Phi) is 6.12. The minimum atomic E-state index is 0.0584. The standard InChI is InChI=1S/C13H25N3O2/c1-4-6-15(12(2)17)7-5-13(18)16-10-8-14(3)9-11-16/h4-11H2,1-3H3. The molecule has 0 N–H and O–H groups in total. The molecule has 0 spiro atoms. The predicted octanol–water partition coefficient (Wildman–Crippen LogP) is 0.409. The maximum absolute atomic E-state index is 12.0. The average Bonchev–Trinajstić information content (AvgIpc) is 2.34. The van der Waals surface area contributed by atoms with Crippen LogP contribution < -0.4 is 0 Å². The molecule has 0 aromatic carbocycles. The lowest BCUT2D eigenvalue weighted by Crippen LogP contribution is -2.47. The summed E-state index contributed by atoms with van der Waals surface area (Å²) in [7, 11) is 2.07. The molecule has 1 rings (SSSR count). The van der Waals surface area contributed by atoms with Crippen molar-refractivity contribution in [3.63, 3.8) is 0 Å². The van der Waals surface area contributed by atoms with Crippen molar-refractivity contribution in [2.75, 3.05) is 46.3 Å². The lowest BCUT2D eigenvalue weighted by Gasteiger charge is -2.33. The summed E-state index contributed by atoms with van der Waals surface area (Å²) in [4.78, 5) is 29.3. The minimum absolute atomic E-state index is 0.0584. The fraction of sp³-hybridized carbons (Fsp3) is 0.846. The van der Waals surface area contributed by atoms with Crippen LogP contribution in [-0.4, -0.2) is 72.8 Å². The van der Waals surface area contributed by atoms with Gasteiger partial charge in [-0.05, 0) is 13.5 Å². The Labute approximate surface area is 110 Å². The second-order valence-corrected chi connectivity index (χ2v) is 4.94. The second kappa shape index (κ2) is 7.36. The number of rotatable bonds is 5. The van der Waals surface area contributed by atoms with Gasteiger partial charge in [0.15, 0.2) is 0 Å². The topological polar surface area (TPSA) is 43.9 Å². The molecule has 1 aliphatic rings. The molecule has 1 heterocycles. The highest BCUT2D eigenvalue weighted by Crippen LogP contribution is 2.03. The number of hydrogen-bond donors (Lipinski definition) is 0. The maximum Gasteiger partial charge on any atom is 0.224 e. The maximum atomic E-state index is 12.0. The van der Waals surface area contributed by atoms with Gasteiger partial charge in [0, 0.05) is 52.6 Å². The molecular formula is C13H25N3O2. The van der Waals surface area contributed by atoms with Crippen LogP contribution in [0.1, 0.15) is 26.7 Å². The van der Waals surface area contributed by atoms with Crippen LogP contribution in [0.15, 0.2) is 0 Å². The summed E-state index contributed by atoms with van der Waals surface area (Å²) in [6.07, 6.45) is 1.38. The number of carbonyl (C=O) groups excluding carboxylic acids is 2. The van der Waals surface area contributed by atoms with Crippen LogP contribution in [0.3, 0.4) is 0 Å². The van der Waals surface area contributed by atoms with E-state index in [9.17, 15) is 9.59 Å². The fourth-order valence-corrected chi connectivity index (χ4v) is 2.14. The predicted molar refractivity (Wildman–Crippen MR) is 71.2 cm³/mol. The molecular weight excluding hydrogens is 230 g/mol. The first-order valence-electron chi connectivity index (χ1n) is 6.76. The summed E-state index contributed by atoms with van der Waals surface area (Å²) >= 11 is 0. The third-order valence-electron chi connectivity index (χ3n) is 3.39. The van der Waals surface area contributed by atoms with Gasteiger partial charge in [-0.25, -0.2) is 0 Å². The van der Waals surface area contributed by atoms with Gasteiger partial charge in [-0.15, -0.1) is 0 Å². The molecule has 0 aromatic heterocycles. The quantitative estimate of drug-likeness (QED) is 0.714. The number of carbonyl (C=O) groups is 2. The summed E-state index contributed by atoms with van der Waals surface area (Å²) in [6.45, 7) is 8.40. The molecule has 1 aliphatic heterocycles. The monoisotopic (exact) mass is 255 g/mol. The summed E-state index contributed by atoms with van der Waals surface area (Å²) in [6, 6.07) is 0. The van der Waals surface area contributed by atoms with Crippen molar-refractivity contribution in [3.05, 3.63) is 0 Å². The summed E-state index contributed by atoms with van der Waals surface area (Å²) in [5.74, 6) is 0.230. The van der Waals surface area contributed by atoms with Crippen molar-refractivity contribution in [2.45, 2.75) is 26.7 Å². The van der Waals surface area contributed by atoms with Crippen LogP contribution in [0.2, 0.25) is 0 Å². The molecule has 2 amide bonds. The van der Waals surface area contributed by atoms with Crippen LogP contribution >= 0.6 is 0 Å². The van der Waals surface area contributed by atoms with Gasteiger partial charge < -0.3 is 14.7 Å². The average molecular weight is 255 g/mol. The van der Waals surface area contributed by atoms with Gasteiger partial charge in [0.05, 0.1) is 0 Å². The zero-order valence-corrected chi connectivity index (χ0v) is 11.8. The highest BCUT2D eigenvalue weighted by atomic mass is 16.2. The van der Waals surface area contributed by atoms with Crippen molar-refractivity contribution in [1.82, 2.24) is 14.7 Å². The van der Waals surface area contributed by atoms with Crippen molar-refractivity contribution in [1.29, 1.82) is 0 Å². The normalized spacial score (nSPS) is 16.7. The molecule has 0 unspecified atom stereocenters. The zero-order valence-electron chi connectivity index (χ0n) is 11.8. The van der Waals surface area contributed by atoms with Crippen molar-refractivity contribution >= 4 is 11.8 Å². The highest BCUT2D eigenvalue weighted by Gasteiger charge is 2.19. The summed E-state index contributed by atoms with van der Waals surface area (Å²) in [5.41, 5.74) is 0. The molecule has 0 aliphatic carbocycles. The summed E-state index contributed by atoms with van der Waals surface area (Å²) in [5, 5.41) is 0. The van der Waals surface area contributed by atoms with Crippen molar-refractivity contribution in [2.24, 2.45) is 0 Å². The Morgan fingerprint density at radius 1 is 1.11 bits per heavy atom. The number of piperazine rings is 1. The molecule has 0 saturated carbocycles. The van der Waals surface area contributed by atoms with E-state index in [1.54, 1.807) is 11.8 Å². The van der Waals surface area contributed by atoms with E-state index >= 15 is 0 Å². The Bertz CT molecular complexity index is 286. The number of hydrogen-bond acceptors (Lipinski definition) is 3. The van der Waals surface area contributed by atoms with Gasteiger partial charge in [-0.2, -0.15) is 0 Å². The smallest absolute Gasteiger partial charge is 0.224 e. The van der Waals surface area contributed by atoms with E-state index in [4.69, 9.17) is 0 Å². The van der Waals surface area contributed by atoms with E-state index in [0.717, 1.165) is 39.1 Å². The van der Waals surface area contributed by atoms with Gasteiger partial charge in [-0.3, -0.25) is 9.59 Å². The fourth-order valence-electron chi connectivity index (χ4n) is 2.14. The molecule has 1 saturated heterocycles. The Hall–Kier alpha value is -1.10. The third-order valence-corrected chi connectivity index (χ3v) is 3.39. The molecule has 5 nitrogen and oxygen atoms in total. The first-order chi connectivity index (χ1) is 8.54. The van der Waals surface area contributed by atoms with Gasteiger partial charge in [0.25, 0.3) is 0 Å². The first-order valence-corrected chi connectivity index (χ1v) is 6.76. The second-order valence-electron chi connectivity index (χ2n) is 4.94. The van der Waals surface area contributed by atoms with Crippen LogP contribution in [0.4, 0.5) is 0 Å². The van der Waals surface area contributed by atoms with Crippen LogP contribution in [0, 0.1) is 0 Å². The first kappa shape index (κ1) is 15.0. The molecule has 104 valence electrons. The zero-order chi connectivity index (χ0) is 13.5. The largest absolute Gasteiger partial charge is 0.342 e. The van der Waals surface area contributed by atoms with Crippen molar-refractivity contribution < 1.29 is 9.59 Å². The van der Waals surface area contributed by atoms with E-state index in [0.29, 0.717) is 13.0 Å². The molecule has 5 heteroatoms. The molecule has 0 bridgehead atoms. The minimum Gasteiger partial charge on any atom is -0.342 e. The number of likely N-dealkylation sites (N-methyl/N-ethyl adjacent to an activating group) is 1. The molecule has 0 radical (unpaired) electrons. The van der Waals surface area contributed by atoms with E-state index in [1.165, 1.54) is 0 Å². The van der Waals surface area contributed by atoms with Gasteiger partial charge in [0.1, 0.15) is 0 Å². The Balaban J connectivity index is 2.33. The number of nitrogens with zero attached hydrogens (tertiary/aromatic N) is 3. The third kappa shape index (κ3) is 4.64. The molecule has 0 aromatic rings. The van der Waals surface area contributed by atoms with E-state index in [-0.39, 0.29) is 11.8 Å². The van der Waals surface area contributed by atoms with Crippen molar-refractivity contribution in [3.8, 4) is 0 Å².